The Bertz CT molecular complexity index is 309. The normalized spacial score (nSPS) is 12.5. The highest BCUT2D eigenvalue weighted by molar-refractivity contribution is 6.20. The number of hydrogen-bond acceptors (Lipinski definition) is 2. The van der Waals surface area contributed by atoms with Crippen LogP contribution < -0.4 is 9.47 Å². The van der Waals surface area contributed by atoms with Crippen molar-refractivity contribution in [2.24, 2.45) is 5.92 Å². The number of benzene rings is 1. The van der Waals surface area contributed by atoms with Crippen molar-refractivity contribution >= 4 is 11.6 Å². The van der Waals surface area contributed by atoms with E-state index in [4.69, 9.17) is 21.1 Å². The Labute approximate surface area is 109 Å². The summed E-state index contributed by atoms with van der Waals surface area (Å²) in [6.07, 6.45) is 1.98. The fourth-order valence-electron chi connectivity index (χ4n) is 1.47. The van der Waals surface area contributed by atoms with Crippen molar-refractivity contribution in [3.05, 3.63) is 24.3 Å². The van der Waals surface area contributed by atoms with E-state index in [9.17, 15) is 0 Å². The van der Waals surface area contributed by atoms with E-state index in [2.05, 4.69) is 13.8 Å². The van der Waals surface area contributed by atoms with Gasteiger partial charge in [-0.2, -0.15) is 0 Å². The summed E-state index contributed by atoms with van der Waals surface area (Å²) in [4.78, 5) is 0. The molecule has 0 aliphatic heterocycles. The van der Waals surface area contributed by atoms with Crippen LogP contribution in [0.15, 0.2) is 24.3 Å². The molecule has 96 valence electrons. The molecule has 0 aromatic heterocycles. The monoisotopic (exact) mass is 256 g/mol. The first-order valence-corrected chi connectivity index (χ1v) is 6.48. The van der Waals surface area contributed by atoms with Gasteiger partial charge in [0.25, 0.3) is 0 Å². The zero-order valence-corrected chi connectivity index (χ0v) is 11.5. The molecule has 0 saturated heterocycles. The van der Waals surface area contributed by atoms with Crippen LogP contribution in [0, 0.1) is 5.92 Å². The average molecular weight is 257 g/mol. The Morgan fingerprint density at radius 2 is 1.71 bits per heavy atom. The Kier molecular flexibility index (Phi) is 6.20. The highest BCUT2D eigenvalue weighted by Crippen LogP contribution is 2.18. The smallest absolute Gasteiger partial charge is 0.119 e. The number of halogens is 1. The Hall–Kier alpha value is -0.890. The van der Waals surface area contributed by atoms with Gasteiger partial charge in [-0.05, 0) is 43.0 Å². The standard InChI is InChI=1S/C14H21ClO2/c1-11(2)14(15)5-4-10-17-13-8-6-12(16-3)7-9-13/h6-9,11,14H,4-5,10H2,1-3H3. The summed E-state index contributed by atoms with van der Waals surface area (Å²) in [5.41, 5.74) is 0. The van der Waals surface area contributed by atoms with Crippen molar-refractivity contribution in [2.75, 3.05) is 13.7 Å². The number of methoxy groups -OCH3 is 1. The zero-order valence-electron chi connectivity index (χ0n) is 10.8. The quantitative estimate of drug-likeness (QED) is 0.540. The Balaban J connectivity index is 2.22. The second kappa shape index (κ2) is 7.44. The van der Waals surface area contributed by atoms with E-state index in [0.29, 0.717) is 12.5 Å². The average Bonchev–Trinajstić information content (AvgIpc) is 2.35. The Morgan fingerprint density at radius 3 is 2.24 bits per heavy atom. The van der Waals surface area contributed by atoms with Gasteiger partial charge >= 0.3 is 0 Å². The van der Waals surface area contributed by atoms with Crippen molar-refractivity contribution in [2.45, 2.75) is 32.1 Å². The molecule has 0 heterocycles. The fourth-order valence-corrected chi connectivity index (χ4v) is 1.63. The topological polar surface area (TPSA) is 18.5 Å². The molecule has 1 rings (SSSR count). The van der Waals surface area contributed by atoms with E-state index in [0.717, 1.165) is 24.3 Å². The van der Waals surface area contributed by atoms with Crippen LogP contribution in [0.4, 0.5) is 0 Å². The van der Waals surface area contributed by atoms with Crippen LogP contribution in [0.25, 0.3) is 0 Å². The highest BCUT2D eigenvalue weighted by Gasteiger charge is 2.08. The lowest BCUT2D eigenvalue weighted by Gasteiger charge is -2.13. The van der Waals surface area contributed by atoms with Crippen LogP contribution in [0.3, 0.4) is 0 Å². The molecule has 17 heavy (non-hydrogen) atoms. The minimum Gasteiger partial charge on any atom is -0.497 e. The molecule has 0 aliphatic rings. The van der Waals surface area contributed by atoms with E-state index in [1.165, 1.54) is 0 Å². The fraction of sp³-hybridized carbons (Fsp3) is 0.571. The molecule has 1 aromatic rings. The number of ether oxygens (including phenoxy) is 2. The molecule has 2 nitrogen and oxygen atoms in total. The minimum atomic E-state index is 0.245. The molecule has 0 aliphatic carbocycles. The molecule has 0 spiro atoms. The van der Waals surface area contributed by atoms with Crippen LogP contribution in [0.2, 0.25) is 0 Å². The number of alkyl halides is 1. The van der Waals surface area contributed by atoms with Crippen LogP contribution in [-0.4, -0.2) is 19.1 Å². The van der Waals surface area contributed by atoms with Gasteiger partial charge in [0.15, 0.2) is 0 Å². The molecule has 1 atom stereocenters. The predicted molar refractivity (Wildman–Crippen MR) is 72.2 cm³/mol. The first-order chi connectivity index (χ1) is 8.13. The van der Waals surface area contributed by atoms with Crippen LogP contribution in [0.1, 0.15) is 26.7 Å². The first-order valence-electron chi connectivity index (χ1n) is 6.04. The molecular formula is C14H21ClO2. The summed E-state index contributed by atoms with van der Waals surface area (Å²) in [5, 5.41) is 0.245. The highest BCUT2D eigenvalue weighted by atomic mass is 35.5. The van der Waals surface area contributed by atoms with Gasteiger partial charge in [-0.25, -0.2) is 0 Å². The van der Waals surface area contributed by atoms with Crippen molar-refractivity contribution in [3.8, 4) is 11.5 Å². The van der Waals surface area contributed by atoms with Crippen LogP contribution >= 0.6 is 11.6 Å². The molecule has 0 N–H and O–H groups in total. The maximum absolute atomic E-state index is 6.16. The second-order valence-corrected chi connectivity index (χ2v) is 4.99. The SMILES string of the molecule is COc1ccc(OCCCC(Cl)C(C)C)cc1. The first kappa shape index (κ1) is 14.2. The minimum absolute atomic E-state index is 0.245. The third kappa shape index (κ3) is 5.31. The van der Waals surface area contributed by atoms with Crippen molar-refractivity contribution < 1.29 is 9.47 Å². The van der Waals surface area contributed by atoms with Gasteiger partial charge in [0.2, 0.25) is 0 Å². The van der Waals surface area contributed by atoms with E-state index < -0.39 is 0 Å². The summed E-state index contributed by atoms with van der Waals surface area (Å²) in [6.45, 7) is 4.99. The molecule has 0 amide bonds. The van der Waals surface area contributed by atoms with Crippen LogP contribution in [-0.2, 0) is 0 Å². The van der Waals surface area contributed by atoms with E-state index in [-0.39, 0.29) is 5.38 Å². The molecule has 3 heteroatoms. The lowest BCUT2D eigenvalue weighted by molar-refractivity contribution is 0.301. The molecule has 0 fully saturated rings. The predicted octanol–water partition coefficient (Wildman–Crippen LogP) is 4.12. The third-order valence-corrected chi connectivity index (χ3v) is 3.40. The lowest BCUT2D eigenvalue weighted by Crippen LogP contribution is -2.09. The van der Waals surface area contributed by atoms with Gasteiger partial charge in [0, 0.05) is 5.38 Å². The van der Waals surface area contributed by atoms with Crippen molar-refractivity contribution in [1.29, 1.82) is 0 Å². The molecule has 1 aromatic carbocycles. The zero-order chi connectivity index (χ0) is 12.7. The van der Waals surface area contributed by atoms with Gasteiger partial charge in [-0.1, -0.05) is 13.8 Å². The maximum atomic E-state index is 6.16. The van der Waals surface area contributed by atoms with Crippen LogP contribution in [0.5, 0.6) is 11.5 Å². The largest absolute Gasteiger partial charge is 0.497 e. The van der Waals surface area contributed by atoms with Crippen molar-refractivity contribution in [3.63, 3.8) is 0 Å². The van der Waals surface area contributed by atoms with Crippen molar-refractivity contribution in [1.82, 2.24) is 0 Å². The van der Waals surface area contributed by atoms with E-state index in [1.54, 1.807) is 7.11 Å². The lowest BCUT2D eigenvalue weighted by atomic mass is 10.1. The number of hydrogen-bond donors (Lipinski definition) is 0. The Morgan fingerprint density at radius 1 is 1.12 bits per heavy atom. The summed E-state index contributed by atoms with van der Waals surface area (Å²) in [7, 11) is 1.66. The third-order valence-electron chi connectivity index (χ3n) is 2.68. The van der Waals surface area contributed by atoms with E-state index in [1.807, 2.05) is 24.3 Å². The molecule has 0 radical (unpaired) electrons. The summed E-state index contributed by atoms with van der Waals surface area (Å²) in [5.74, 6) is 2.25. The summed E-state index contributed by atoms with van der Waals surface area (Å²) >= 11 is 6.16. The molecule has 1 unspecified atom stereocenters. The maximum Gasteiger partial charge on any atom is 0.119 e. The van der Waals surface area contributed by atoms with Gasteiger partial charge in [0.1, 0.15) is 11.5 Å². The van der Waals surface area contributed by atoms with E-state index >= 15 is 0 Å². The molecular weight excluding hydrogens is 236 g/mol. The number of rotatable bonds is 7. The van der Waals surface area contributed by atoms with Gasteiger partial charge in [-0.3, -0.25) is 0 Å². The summed E-state index contributed by atoms with van der Waals surface area (Å²) in [6, 6.07) is 7.63. The second-order valence-electron chi connectivity index (χ2n) is 4.43. The molecule has 0 bridgehead atoms. The summed E-state index contributed by atoms with van der Waals surface area (Å²) < 4.78 is 10.7. The van der Waals surface area contributed by atoms with Gasteiger partial charge < -0.3 is 9.47 Å². The van der Waals surface area contributed by atoms with Gasteiger partial charge in [0.05, 0.1) is 13.7 Å². The van der Waals surface area contributed by atoms with Gasteiger partial charge in [-0.15, -0.1) is 11.6 Å². The molecule has 0 saturated carbocycles.